The van der Waals surface area contributed by atoms with Crippen molar-refractivity contribution in [3.63, 3.8) is 0 Å². The number of ether oxygens (including phenoxy) is 1. The van der Waals surface area contributed by atoms with Crippen LogP contribution in [-0.2, 0) is 0 Å². The van der Waals surface area contributed by atoms with E-state index in [1.807, 2.05) is 12.1 Å². The van der Waals surface area contributed by atoms with Crippen LogP contribution in [0.4, 0.5) is 0 Å². The minimum absolute atomic E-state index is 0.601. The Bertz CT molecular complexity index is 398. The van der Waals surface area contributed by atoms with Crippen LogP contribution in [0.15, 0.2) is 22.7 Å². The molecule has 0 spiro atoms. The van der Waals surface area contributed by atoms with Crippen LogP contribution in [0.1, 0.15) is 51.0 Å². The molecule has 0 atom stereocenters. The van der Waals surface area contributed by atoms with Crippen LogP contribution in [-0.4, -0.2) is 6.61 Å². The van der Waals surface area contributed by atoms with Crippen LogP contribution < -0.4 is 4.74 Å². The summed E-state index contributed by atoms with van der Waals surface area (Å²) in [7, 11) is 0. The van der Waals surface area contributed by atoms with Gasteiger partial charge in [-0.15, -0.1) is 0 Å². The summed E-state index contributed by atoms with van der Waals surface area (Å²) in [5, 5.41) is 8.96. The third-order valence-electron chi connectivity index (χ3n) is 2.82. The van der Waals surface area contributed by atoms with Crippen molar-refractivity contribution in [2.24, 2.45) is 0 Å². The molecule has 0 aliphatic carbocycles. The van der Waals surface area contributed by atoms with Gasteiger partial charge in [-0.1, -0.05) is 55.0 Å². The van der Waals surface area contributed by atoms with Gasteiger partial charge in [0.15, 0.2) is 0 Å². The minimum atomic E-state index is 0.601. The Kier molecular flexibility index (Phi) is 7.52. The molecule has 0 fully saturated rings. The van der Waals surface area contributed by atoms with Gasteiger partial charge in [-0.05, 0) is 24.6 Å². The zero-order chi connectivity index (χ0) is 13.2. The van der Waals surface area contributed by atoms with Crippen molar-refractivity contribution in [2.75, 3.05) is 6.61 Å². The predicted molar refractivity (Wildman–Crippen MR) is 77.7 cm³/mol. The Morgan fingerprint density at radius 2 is 1.89 bits per heavy atom. The minimum Gasteiger partial charge on any atom is -0.492 e. The van der Waals surface area contributed by atoms with Crippen LogP contribution in [0, 0.1) is 11.3 Å². The van der Waals surface area contributed by atoms with Gasteiger partial charge in [0, 0.05) is 4.47 Å². The van der Waals surface area contributed by atoms with Crippen LogP contribution in [0.2, 0.25) is 0 Å². The number of nitriles is 1. The molecule has 0 saturated carbocycles. The average molecular weight is 310 g/mol. The average Bonchev–Trinajstić information content (AvgIpc) is 2.38. The molecule has 0 aliphatic rings. The van der Waals surface area contributed by atoms with Crippen molar-refractivity contribution in [3.8, 4) is 11.8 Å². The van der Waals surface area contributed by atoms with Crippen LogP contribution >= 0.6 is 15.9 Å². The van der Waals surface area contributed by atoms with E-state index in [1.165, 1.54) is 32.1 Å². The van der Waals surface area contributed by atoms with E-state index in [4.69, 9.17) is 10.00 Å². The number of benzene rings is 1. The summed E-state index contributed by atoms with van der Waals surface area (Å²) in [6, 6.07) is 7.64. The lowest BCUT2D eigenvalue weighted by molar-refractivity contribution is 0.303. The fraction of sp³-hybridized carbons (Fsp3) is 0.533. The highest BCUT2D eigenvalue weighted by molar-refractivity contribution is 9.10. The Morgan fingerprint density at radius 3 is 2.61 bits per heavy atom. The quantitative estimate of drug-likeness (QED) is 0.629. The van der Waals surface area contributed by atoms with Gasteiger partial charge in [0.25, 0.3) is 0 Å². The third kappa shape index (κ3) is 5.55. The summed E-state index contributed by atoms with van der Waals surface area (Å²) in [4.78, 5) is 0. The molecule has 0 amide bonds. The molecular weight excluding hydrogens is 290 g/mol. The van der Waals surface area contributed by atoms with Gasteiger partial charge in [0.2, 0.25) is 0 Å². The van der Waals surface area contributed by atoms with E-state index >= 15 is 0 Å². The van der Waals surface area contributed by atoms with Crippen molar-refractivity contribution in [3.05, 3.63) is 28.2 Å². The second kappa shape index (κ2) is 8.99. The fourth-order valence-electron chi connectivity index (χ4n) is 1.77. The maximum atomic E-state index is 8.96. The Balaban J connectivity index is 2.27. The summed E-state index contributed by atoms with van der Waals surface area (Å²) in [5.41, 5.74) is 0.601. The first kappa shape index (κ1) is 15.0. The van der Waals surface area contributed by atoms with Gasteiger partial charge >= 0.3 is 0 Å². The lowest BCUT2D eigenvalue weighted by Gasteiger charge is -2.08. The highest BCUT2D eigenvalue weighted by Gasteiger charge is 2.03. The van der Waals surface area contributed by atoms with E-state index in [2.05, 4.69) is 28.9 Å². The second-order valence-electron chi connectivity index (χ2n) is 4.37. The number of halogens is 1. The van der Waals surface area contributed by atoms with E-state index in [0.717, 1.165) is 10.9 Å². The Morgan fingerprint density at radius 1 is 1.17 bits per heavy atom. The van der Waals surface area contributed by atoms with E-state index in [-0.39, 0.29) is 0 Å². The normalized spacial score (nSPS) is 10.1. The summed E-state index contributed by atoms with van der Waals surface area (Å²) in [6.45, 7) is 2.91. The molecule has 0 unspecified atom stereocenters. The lowest BCUT2D eigenvalue weighted by Crippen LogP contribution is -1.99. The highest BCUT2D eigenvalue weighted by atomic mass is 79.9. The first-order valence-corrected chi connectivity index (χ1v) is 7.39. The van der Waals surface area contributed by atoms with E-state index in [1.54, 1.807) is 6.07 Å². The van der Waals surface area contributed by atoms with Gasteiger partial charge in [0.1, 0.15) is 11.8 Å². The van der Waals surface area contributed by atoms with Gasteiger partial charge < -0.3 is 4.74 Å². The largest absolute Gasteiger partial charge is 0.492 e. The summed E-state index contributed by atoms with van der Waals surface area (Å²) < 4.78 is 6.61. The standard InChI is InChI=1S/C15H20BrNO/c1-2-3-4-5-6-7-10-18-15-11-14(16)9-8-13(15)12-17/h8-9,11H,2-7,10H2,1H3. The first-order valence-electron chi connectivity index (χ1n) is 6.60. The first-order chi connectivity index (χ1) is 8.77. The molecule has 18 heavy (non-hydrogen) atoms. The van der Waals surface area contributed by atoms with E-state index in [9.17, 15) is 0 Å². The molecular formula is C15H20BrNO. The molecule has 0 radical (unpaired) electrons. The van der Waals surface area contributed by atoms with E-state index in [0.29, 0.717) is 17.9 Å². The van der Waals surface area contributed by atoms with Gasteiger partial charge in [-0.25, -0.2) is 0 Å². The summed E-state index contributed by atoms with van der Waals surface area (Å²) in [6.07, 6.45) is 7.46. The SMILES string of the molecule is CCCCCCCCOc1cc(Br)ccc1C#N. The van der Waals surface area contributed by atoms with Crippen LogP contribution in [0.5, 0.6) is 5.75 Å². The maximum absolute atomic E-state index is 8.96. The van der Waals surface area contributed by atoms with Crippen molar-refractivity contribution in [1.29, 1.82) is 5.26 Å². The zero-order valence-electron chi connectivity index (χ0n) is 10.9. The summed E-state index contributed by atoms with van der Waals surface area (Å²) in [5.74, 6) is 0.681. The highest BCUT2D eigenvalue weighted by Crippen LogP contribution is 2.23. The van der Waals surface area contributed by atoms with Gasteiger partial charge in [-0.3, -0.25) is 0 Å². The smallest absolute Gasteiger partial charge is 0.138 e. The van der Waals surface area contributed by atoms with Gasteiger partial charge in [0.05, 0.1) is 12.2 Å². The maximum Gasteiger partial charge on any atom is 0.138 e. The number of hydrogen-bond donors (Lipinski definition) is 0. The lowest BCUT2D eigenvalue weighted by atomic mass is 10.1. The number of nitrogens with zero attached hydrogens (tertiary/aromatic N) is 1. The molecule has 1 aromatic rings. The Labute approximate surface area is 118 Å². The second-order valence-corrected chi connectivity index (χ2v) is 5.28. The summed E-state index contributed by atoms with van der Waals surface area (Å²) >= 11 is 3.39. The topological polar surface area (TPSA) is 33.0 Å². The molecule has 0 N–H and O–H groups in total. The molecule has 1 rings (SSSR count). The van der Waals surface area contributed by atoms with Crippen LogP contribution in [0.3, 0.4) is 0 Å². The molecule has 0 heterocycles. The zero-order valence-corrected chi connectivity index (χ0v) is 12.5. The third-order valence-corrected chi connectivity index (χ3v) is 3.31. The predicted octanol–water partition coefficient (Wildman–Crippen LogP) is 5.06. The molecule has 3 heteroatoms. The van der Waals surface area contributed by atoms with Gasteiger partial charge in [-0.2, -0.15) is 5.26 Å². The number of rotatable bonds is 8. The molecule has 2 nitrogen and oxygen atoms in total. The number of hydrogen-bond acceptors (Lipinski definition) is 2. The molecule has 98 valence electrons. The van der Waals surface area contributed by atoms with E-state index < -0.39 is 0 Å². The molecule has 1 aromatic carbocycles. The Hall–Kier alpha value is -1.01. The van der Waals surface area contributed by atoms with Crippen molar-refractivity contribution < 1.29 is 4.74 Å². The monoisotopic (exact) mass is 309 g/mol. The van der Waals surface area contributed by atoms with Crippen molar-refractivity contribution in [2.45, 2.75) is 45.4 Å². The molecule has 0 bridgehead atoms. The fourth-order valence-corrected chi connectivity index (χ4v) is 2.11. The van der Waals surface area contributed by atoms with Crippen molar-refractivity contribution >= 4 is 15.9 Å². The molecule has 0 aromatic heterocycles. The molecule has 0 aliphatic heterocycles. The van der Waals surface area contributed by atoms with Crippen molar-refractivity contribution in [1.82, 2.24) is 0 Å². The van der Waals surface area contributed by atoms with Crippen LogP contribution in [0.25, 0.3) is 0 Å². The molecule has 0 saturated heterocycles. The number of unbranched alkanes of at least 4 members (excludes halogenated alkanes) is 5.